The van der Waals surface area contributed by atoms with E-state index >= 15 is 0 Å². The first-order valence-corrected chi connectivity index (χ1v) is 14.2. The third-order valence-electron chi connectivity index (χ3n) is 7.71. The van der Waals surface area contributed by atoms with Crippen LogP contribution in [-0.2, 0) is 24.8 Å². The largest absolute Gasteiger partial charge is 0.460 e. The van der Waals surface area contributed by atoms with Crippen LogP contribution in [0.1, 0.15) is 38.8 Å². The fourth-order valence-electron chi connectivity index (χ4n) is 5.66. The fraction of sp³-hybridized carbons (Fsp3) is 0.419. The molecule has 2 unspecified atom stereocenters. The Kier molecular flexibility index (Phi) is 8.31. The number of aliphatic hydroxyl groups excluding tert-OH is 1. The average molecular weight is 577 g/mol. The van der Waals surface area contributed by atoms with Gasteiger partial charge in [-0.1, -0.05) is 18.2 Å². The number of carbonyl (C=O) groups is 1. The van der Waals surface area contributed by atoms with Gasteiger partial charge in [-0.25, -0.2) is 14.4 Å². The van der Waals surface area contributed by atoms with Crippen LogP contribution in [0.4, 0.5) is 10.3 Å². The van der Waals surface area contributed by atoms with Crippen molar-refractivity contribution in [2.75, 3.05) is 24.5 Å². The molecule has 11 heteroatoms. The van der Waals surface area contributed by atoms with Gasteiger partial charge in [-0.05, 0) is 49.6 Å². The second-order valence-electron chi connectivity index (χ2n) is 11.1. The number of aliphatic hydroxyl groups is 1. The molecule has 0 radical (unpaired) electrons. The van der Waals surface area contributed by atoms with E-state index in [9.17, 15) is 19.1 Å². The van der Waals surface area contributed by atoms with E-state index in [1.165, 1.54) is 6.92 Å². The number of amides is 1. The Balaban J connectivity index is 1.46. The lowest BCUT2D eigenvalue weighted by molar-refractivity contribution is -0.131. The van der Waals surface area contributed by atoms with Crippen LogP contribution < -0.4 is 15.2 Å². The van der Waals surface area contributed by atoms with Gasteiger partial charge in [0.25, 0.3) is 5.56 Å². The third kappa shape index (κ3) is 6.01. The summed E-state index contributed by atoms with van der Waals surface area (Å²) in [6, 6.07) is 11.1. The number of hydrogen-bond acceptors (Lipinski definition) is 7. The average Bonchev–Trinajstić information content (AvgIpc) is 3.18. The lowest BCUT2D eigenvalue weighted by Gasteiger charge is -2.39. The Hall–Kier alpha value is -4.25. The lowest BCUT2D eigenvalue weighted by Crippen LogP contribution is -2.53. The first-order valence-electron chi connectivity index (χ1n) is 14.2. The quantitative estimate of drug-likeness (QED) is 0.342. The molecule has 0 aliphatic carbocycles. The van der Waals surface area contributed by atoms with Crippen LogP contribution in [0, 0.1) is 0 Å². The van der Waals surface area contributed by atoms with Crippen LogP contribution in [-0.4, -0.2) is 73.4 Å². The van der Waals surface area contributed by atoms with Gasteiger partial charge in [0.05, 0.1) is 23.6 Å². The molecule has 1 aliphatic heterocycles. The maximum Gasteiger partial charge on any atom is 0.274 e. The Bertz CT molecular complexity index is 1650. The summed E-state index contributed by atoms with van der Waals surface area (Å²) in [5.74, 6) is 1.06. The number of aromatic nitrogens is 4. The smallest absolute Gasteiger partial charge is 0.274 e. The minimum atomic E-state index is -1.51. The molecule has 0 saturated carbocycles. The molecule has 2 aromatic heterocycles. The molecule has 1 saturated heterocycles. The molecule has 3 heterocycles. The Labute approximate surface area is 244 Å². The molecule has 1 fully saturated rings. The van der Waals surface area contributed by atoms with Gasteiger partial charge in [0.15, 0.2) is 0 Å². The number of piperazine rings is 1. The zero-order valence-corrected chi connectivity index (χ0v) is 24.6. The first-order chi connectivity index (χ1) is 20.0. The van der Waals surface area contributed by atoms with Gasteiger partial charge in [0.2, 0.25) is 18.2 Å². The van der Waals surface area contributed by atoms with E-state index in [0.717, 1.165) is 16.7 Å². The number of fused-ring (bicyclic) bond motifs is 1. The van der Waals surface area contributed by atoms with Crippen LogP contribution in [0.3, 0.4) is 0 Å². The summed E-state index contributed by atoms with van der Waals surface area (Å²) >= 11 is 0. The van der Waals surface area contributed by atoms with Gasteiger partial charge in [0, 0.05) is 70.1 Å². The van der Waals surface area contributed by atoms with Gasteiger partial charge in [-0.15, -0.1) is 0 Å². The molecule has 0 spiro atoms. The molecule has 5 rings (SSSR count). The van der Waals surface area contributed by atoms with Crippen molar-refractivity contribution in [2.24, 2.45) is 7.05 Å². The predicted molar refractivity (Wildman–Crippen MR) is 159 cm³/mol. The summed E-state index contributed by atoms with van der Waals surface area (Å²) in [6.45, 7) is 8.85. The van der Waals surface area contributed by atoms with Crippen molar-refractivity contribution < 1.29 is 19.0 Å². The van der Waals surface area contributed by atoms with Crippen molar-refractivity contribution in [1.82, 2.24) is 24.2 Å². The minimum absolute atomic E-state index is 0.0707. The Morgan fingerprint density at radius 1 is 1.12 bits per heavy atom. The van der Waals surface area contributed by atoms with E-state index in [0.29, 0.717) is 54.2 Å². The highest BCUT2D eigenvalue weighted by molar-refractivity contribution is 5.84. The summed E-state index contributed by atoms with van der Waals surface area (Å²) in [6.07, 6.45) is 1.93. The monoisotopic (exact) mass is 576 g/mol. The van der Waals surface area contributed by atoms with Crippen LogP contribution in [0.15, 0.2) is 53.6 Å². The number of carbonyl (C=O) groups excluding carboxylic acids is 1. The zero-order valence-electron chi connectivity index (χ0n) is 24.6. The second kappa shape index (κ2) is 11.9. The van der Waals surface area contributed by atoms with E-state index in [-0.39, 0.29) is 24.1 Å². The highest BCUT2D eigenvalue weighted by atomic mass is 19.1. The van der Waals surface area contributed by atoms with Crippen LogP contribution >= 0.6 is 0 Å². The Morgan fingerprint density at radius 3 is 2.50 bits per heavy atom. The number of nitrogens with zero attached hydrogens (tertiary/aromatic N) is 6. The number of halogens is 1. The van der Waals surface area contributed by atoms with Crippen molar-refractivity contribution in [3.8, 4) is 16.9 Å². The molecular formula is C31H37FN6O4. The molecule has 222 valence electrons. The highest BCUT2D eigenvalue weighted by Gasteiger charge is 2.26. The first kappa shape index (κ1) is 29.2. The molecule has 2 aromatic carbocycles. The standard InChI is InChI=1S/C31H37FN6O4/c1-19-17-36(10-11-37(19)22(4)40)31-33-15-26(16-34-31)24-7-8-27-28(14-24)38(35(5)30(27)41)18-25-13-23(12-20(2)39)6-9-29(25)42-21(3)32/h6-9,13-16,19-21,39H,10-12,17-18H2,1-5H3/t19-,20?,21?/m1/s1. The topological polar surface area (TPSA) is 106 Å². The molecule has 3 atom stereocenters. The van der Waals surface area contributed by atoms with E-state index in [1.54, 1.807) is 50.1 Å². The number of alkyl halides is 1. The molecule has 10 nitrogen and oxygen atoms in total. The fourth-order valence-corrected chi connectivity index (χ4v) is 5.66. The summed E-state index contributed by atoms with van der Waals surface area (Å²) in [5.41, 5.74) is 3.78. The molecule has 1 N–H and O–H groups in total. The molecule has 1 amide bonds. The molecular weight excluding hydrogens is 539 g/mol. The van der Waals surface area contributed by atoms with E-state index in [4.69, 9.17) is 4.74 Å². The Morgan fingerprint density at radius 2 is 1.86 bits per heavy atom. The van der Waals surface area contributed by atoms with E-state index in [1.807, 2.05) is 40.8 Å². The molecule has 42 heavy (non-hydrogen) atoms. The molecule has 1 aliphatic rings. The predicted octanol–water partition coefficient (Wildman–Crippen LogP) is 3.52. The van der Waals surface area contributed by atoms with Gasteiger partial charge < -0.3 is 19.6 Å². The number of rotatable bonds is 8. The van der Waals surface area contributed by atoms with Crippen molar-refractivity contribution in [1.29, 1.82) is 0 Å². The van der Waals surface area contributed by atoms with Crippen LogP contribution in [0.25, 0.3) is 22.0 Å². The summed E-state index contributed by atoms with van der Waals surface area (Å²) in [4.78, 5) is 38.1. The molecule has 4 aromatic rings. The normalized spacial score (nSPS) is 17.0. The summed E-state index contributed by atoms with van der Waals surface area (Å²) < 4.78 is 22.7. The number of benzene rings is 2. The number of anilines is 1. The van der Waals surface area contributed by atoms with Crippen molar-refractivity contribution in [3.63, 3.8) is 0 Å². The van der Waals surface area contributed by atoms with Crippen molar-refractivity contribution in [3.05, 3.63) is 70.3 Å². The zero-order chi connectivity index (χ0) is 30.1. The summed E-state index contributed by atoms with van der Waals surface area (Å²) in [7, 11) is 1.70. The van der Waals surface area contributed by atoms with Crippen LogP contribution in [0.2, 0.25) is 0 Å². The lowest BCUT2D eigenvalue weighted by atomic mass is 10.0. The minimum Gasteiger partial charge on any atom is -0.460 e. The molecule has 0 bridgehead atoms. The van der Waals surface area contributed by atoms with Gasteiger partial charge in [-0.3, -0.25) is 19.0 Å². The maximum atomic E-state index is 13.9. The van der Waals surface area contributed by atoms with Gasteiger partial charge in [-0.2, -0.15) is 0 Å². The SMILES string of the molecule is CC(=O)N1CCN(c2ncc(-c3ccc4c(=O)n(C)n(Cc5cc(CC(C)O)ccc5OC(C)F)c4c3)cn2)C[C@H]1C. The number of hydrogen-bond donors (Lipinski definition) is 1. The maximum absolute atomic E-state index is 13.9. The van der Waals surface area contributed by atoms with Crippen molar-refractivity contribution in [2.45, 2.75) is 59.2 Å². The highest BCUT2D eigenvalue weighted by Crippen LogP contribution is 2.28. The van der Waals surface area contributed by atoms with Gasteiger partial charge >= 0.3 is 0 Å². The van der Waals surface area contributed by atoms with E-state index < -0.39 is 12.5 Å². The van der Waals surface area contributed by atoms with Crippen molar-refractivity contribution >= 4 is 22.8 Å². The van der Waals surface area contributed by atoms with Gasteiger partial charge in [0.1, 0.15) is 5.75 Å². The summed E-state index contributed by atoms with van der Waals surface area (Å²) in [5, 5.41) is 10.4. The number of ether oxygens (including phenoxy) is 1. The second-order valence-corrected chi connectivity index (χ2v) is 11.1. The third-order valence-corrected chi connectivity index (χ3v) is 7.71. The van der Waals surface area contributed by atoms with Crippen LogP contribution in [0.5, 0.6) is 5.75 Å². The van der Waals surface area contributed by atoms with E-state index in [2.05, 4.69) is 14.9 Å².